The normalized spacial score (nSPS) is 23.4. The predicted molar refractivity (Wildman–Crippen MR) is 95.1 cm³/mol. The summed E-state index contributed by atoms with van der Waals surface area (Å²) in [5.74, 6) is -3.48. The van der Waals surface area contributed by atoms with Crippen LogP contribution in [0.5, 0.6) is 0 Å². The molecule has 3 amide bonds. The van der Waals surface area contributed by atoms with Crippen molar-refractivity contribution in [2.45, 2.75) is 18.3 Å². The number of amides is 3. The summed E-state index contributed by atoms with van der Waals surface area (Å²) in [6.45, 7) is 0.963. The molecule has 1 N–H and O–H groups in total. The molecule has 3 heterocycles. The topological polar surface area (TPSA) is 121 Å². The molecule has 0 saturated carbocycles. The van der Waals surface area contributed by atoms with Gasteiger partial charge in [-0.25, -0.2) is 4.79 Å². The number of carbonyl (C=O) groups is 5. The van der Waals surface area contributed by atoms with Crippen LogP contribution in [0.4, 0.5) is 0 Å². The Kier molecular flexibility index (Phi) is 4.22. The average Bonchev–Trinajstić information content (AvgIpc) is 2.91. The van der Waals surface area contributed by atoms with E-state index in [-0.39, 0.29) is 34.8 Å². The maximum atomic E-state index is 12.8. The Morgan fingerprint density at radius 1 is 1.14 bits per heavy atom. The van der Waals surface area contributed by atoms with Gasteiger partial charge in [0, 0.05) is 18.2 Å². The van der Waals surface area contributed by atoms with Gasteiger partial charge in [-0.2, -0.15) is 0 Å². The number of benzene rings is 1. The molecule has 1 saturated heterocycles. The molecule has 1 aromatic carbocycles. The summed E-state index contributed by atoms with van der Waals surface area (Å²) in [5.41, 5.74) is 0.481. The van der Waals surface area contributed by atoms with E-state index < -0.39 is 41.1 Å². The highest BCUT2D eigenvalue weighted by Gasteiger charge is 2.60. The number of nitrogens with zero attached hydrogens (tertiary/aromatic N) is 2. The number of carbonyl (C=O) groups excluding carboxylic acids is 4. The van der Waals surface area contributed by atoms with Gasteiger partial charge in [0.05, 0.1) is 11.1 Å². The lowest BCUT2D eigenvalue weighted by atomic mass is 10.0. The average molecular weight is 402 g/mol. The zero-order valence-electron chi connectivity index (χ0n) is 14.6. The zero-order chi connectivity index (χ0) is 20.2. The van der Waals surface area contributed by atoms with E-state index in [1.165, 1.54) is 30.8 Å². The van der Waals surface area contributed by atoms with E-state index in [0.29, 0.717) is 0 Å². The Hall–Kier alpha value is -3.14. The first-order chi connectivity index (χ1) is 13.3. The molecule has 0 unspecified atom stereocenters. The highest BCUT2D eigenvalue weighted by Crippen LogP contribution is 2.44. The van der Waals surface area contributed by atoms with E-state index in [4.69, 9.17) is 4.74 Å². The molecule has 3 aliphatic rings. The maximum absolute atomic E-state index is 12.8. The standard InChI is InChI=1S/C18H14N2O7S/c1-8(21)27-6-9-7-28-17-13(16(24)20(17)12(9)18(25)26)19-14(22)10-4-2-3-5-11(10)15(19)23/h2-5,13,17H,6-7H2,1H3,(H,25,26)/t13-,17-/m1/s1. The van der Waals surface area contributed by atoms with Crippen LogP contribution in [0.3, 0.4) is 0 Å². The number of hydrogen-bond acceptors (Lipinski definition) is 7. The van der Waals surface area contributed by atoms with Gasteiger partial charge in [-0.1, -0.05) is 12.1 Å². The van der Waals surface area contributed by atoms with E-state index in [9.17, 15) is 29.1 Å². The first-order valence-electron chi connectivity index (χ1n) is 8.33. The molecule has 144 valence electrons. The number of carboxylic acids is 1. The predicted octanol–water partition coefficient (Wildman–Crippen LogP) is 0.468. The first-order valence-corrected chi connectivity index (χ1v) is 9.38. The monoisotopic (exact) mass is 402 g/mol. The Morgan fingerprint density at radius 2 is 1.75 bits per heavy atom. The molecule has 0 bridgehead atoms. The number of rotatable bonds is 4. The lowest BCUT2D eigenvalue weighted by Gasteiger charge is -2.51. The van der Waals surface area contributed by atoms with Crippen LogP contribution < -0.4 is 0 Å². The largest absolute Gasteiger partial charge is 0.477 e. The van der Waals surface area contributed by atoms with Crippen molar-refractivity contribution in [3.05, 3.63) is 46.7 Å². The van der Waals surface area contributed by atoms with E-state index in [1.807, 2.05) is 0 Å². The molecule has 9 nitrogen and oxygen atoms in total. The molecule has 2 atom stereocenters. The minimum atomic E-state index is -1.33. The second kappa shape index (κ2) is 6.48. The molecule has 0 aromatic heterocycles. The number of imide groups is 1. The van der Waals surface area contributed by atoms with E-state index in [0.717, 1.165) is 9.80 Å². The van der Waals surface area contributed by atoms with Crippen LogP contribution in [0, 0.1) is 0 Å². The summed E-state index contributed by atoms with van der Waals surface area (Å²) in [6.07, 6.45) is 0. The van der Waals surface area contributed by atoms with Crippen molar-refractivity contribution in [2.24, 2.45) is 0 Å². The lowest BCUT2D eigenvalue weighted by Crippen LogP contribution is -2.71. The fourth-order valence-electron chi connectivity index (χ4n) is 3.53. The van der Waals surface area contributed by atoms with Crippen LogP contribution in [0.15, 0.2) is 35.5 Å². The zero-order valence-corrected chi connectivity index (χ0v) is 15.4. The third-order valence-electron chi connectivity index (χ3n) is 4.78. The number of aliphatic carboxylic acids is 1. The number of hydrogen-bond donors (Lipinski definition) is 1. The van der Waals surface area contributed by atoms with Gasteiger partial charge in [-0.3, -0.25) is 29.0 Å². The van der Waals surface area contributed by atoms with Crippen molar-refractivity contribution in [3.8, 4) is 0 Å². The third-order valence-corrected chi connectivity index (χ3v) is 6.10. The van der Waals surface area contributed by atoms with Gasteiger partial charge in [-0.05, 0) is 12.1 Å². The highest BCUT2D eigenvalue weighted by molar-refractivity contribution is 8.00. The molecule has 1 aromatic rings. The molecule has 4 rings (SSSR count). The SMILES string of the molecule is CC(=O)OCC1=C(C(=O)O)N2C(=O)[C@@H](N3C(=O)c4ccccc4C3=O)[C@H]2SC1. The van der Waals surface area contributed by atoms with Gasteiger partial charge in [-0.15, -0.1) is 11.8 Å². The van der Waals surface area contributed by atoms with Crippen LogP contribution in [-0.4, -0.2) is 68.3 Å². The summed E-state index contributed by atoms with van der Waals surface area (Å²) in [7, 11) is 0. The molecule has 0 aliphatic carbocycles. The number of esters is 1. The van der Waals surface area contributed by atoms with Gasteiger partial charge >= 0.3 is 11.9 Å². The number of thioether (sulfide) groups is 1. The second-order valence-electron chi connectivity index (χ2n) is 6.42. The van der Waals surface area contributed by atoms with Crippen LogP contribution >= 0.6 is 11.8 Å². The van der Waals surface area contributed by atoms with Crippen LogP contribution in [0.1, 0.15) is 27.6 Å². The van der Waals surface area contributed by atoms with Gasteiger partial charge in [0.2, 0.25) is 0 Å². The number of ether oxygens (including phenoxy) is 1. The lowest BCUT2D eigenvalue weighted by molar-refractivity contribution is -0.152. The summed E-state index contributed by atoms with van der Waals surface area (Å²) in [4.78, 5) is 62.8. The third kappa shape index (κ3) is 2.52. The fourth-order valence-corrected chi connectivity index (χ4v) is 4.90. The number of carboxylic acid groups (broad SMARTS) is 1. The second-order valence-corrected chi connectivity index (χ2v) is 7.52. The highest BCUT2D eigenvalue weighted by atomic mass is 32.2. The van der Waals surface area contributed by atoms with E-state index >= 15 is 0 Å². The quantitative estimate of drug-likeness (QED) is 0.438. The van der Waals surface area contributed by atoms with Crippen molar-refractivity contribution in [1.29, 1.82) is 0 Å². The van der Waals surface area contributed by atoms with Crippen molar-refractivity contribution in [1.82, 2.24) is 9.80 Å². The number of fused-ring (bicyclic) bond motifs is 2. The van der Waals surface area contributed by atoms with Crippen molar-refractivity contribution in [3.63, 3.8) is 0 Å². The Balaban J connectivity index is 1.64. The number of β-lactam (4-membered cyclic amide) rings is 1. The smallest absolute Gasteiger partial charge is 0.352 e. The Labute approximate surface area is 162 Å². The van der Waals surface area contributed by atoms with Gasteiger partial charge in [0.25, 0.3) is 17.7 Å². The first kappa shape index (κ1) is 18.2. The summed E-state index contributed by atoms with van der Waals surface area (Å²) >= 11 is 1.22. The van der Waals surface area contributed by atoms with Gasteiger partial charge in [0.15, 0.2) is 0 Å². The minimum absolute atomic E-state index is 0.197. The van der Waals surface area contributed by atoms with Crippen molar-refractivity contribution in [2.75, 3.05) is 12.4 Å². The minimum Gasteiger partial charge on any atom is -0.477 e. The molecule has 28 heavy (non-hydrogen) atoms. The molecular weight excluding hydrogens is 388 g/mol. The van der Waals surface area contributed by atoms with Gasteiger partial charge < -0.3 is 9.84 Å². The molecular formula is C18H14N2O7S. The van der Waals surface area contributed by atoms with Crippen LogP contribution in [0.25, 0.3) is 0 Å². The summed E-state index contributed by atoms with van der Waals surface area (Å²) < 4.78 is 4.88. The summed E-state index contributed by atoms with van der Waals surface area (Å²) in [6, 6.07) is 5.23. The molecule has 0 radical (unpaired) electrons. The van der Waals surface area contributed by atoms with Gasteiger partial charge in [0.1, 0.15) is 23.7 Å². The van der Waals surface area contributed by atoms with Crippen molar-refractivity contribution < 1.29 is 33.8 Å². The van der Waals surface area contributed by atoms with E-state index in [1.54, 1.807) is 12.1 Å². The molecule has 0 spiro atoms. The Bertz CT molecular complexity index is 951. The van der Waals surface area contributed by atoms with Crippen LogP contribution in [0.2, 0.25) is 0 Å². The molecule has 10 heteroatoms. The Morgan fingerprint density at radius 3 is 2.29 bits per heavy atom. The fraction of sp³-hybridized carbons (Fsp3) is 0.278. The molecule has 3 aliphatic heterocycles. The maximum Gasteiger partial charge on any atom is 0.352 e. The molecule has 1 fully saturated rings. The van der Waals surface area contributed by atoms with E-state index in [2.05, 4.69) is 0 Å². The van der Waals surface area contributed by atoms with Crippen molar-refractivity contribution >= 4 is 41.4 Å². The van der Waals surface area contributed by atoms with Crippen LogP contribution in [-0.2, 0) is 19.1 Å². The summed E-state index contributed by atoms with van der Waals surface area (Å²) in [5, 5.41) is 8.87.